The van der Waals surface area contributed by atoms with Crippen molar-refractivity contribution in [2.24, 2.45) is 17.3 Å². The number of alkyl halides is 1. The number of nitrogens with zero attached hydrogens (tertiary/aromatic N) is 3. The number of amides is 2. The van der Waals surface area contributed by atoms with E-state index in [9.17, 15) is 14.0 Å². The molecule has 3 aliphatic rings. The van der Waals surface area contributed by atoms with Gasteiger partial charge in [0, 0.05) is 25.7 Å². The lowest BCUT2D eigenvalue weighted by Gasteiger charge is -2.48. The summed E-state index contributed by atoms with van der Waals surface area (Å²) < 4.78 is 15.2. The number of halogens is 1. The second-order valence-corrected chi connectivity index (χ2v) is 10.6. The summed E-state index contributed by atoms with van der Waals surface area (Å²) in [5, 5.41) is 3.11. The summed E-state index contributed by atoms with van der Waals surface area (Å²) in [7, 11) is 0. The number of fused-ring (bicyclic) bond motifs is 3. The molecule has 1 saturated heterocycles. The van der Waals surface area contributed by atoms with Gasteiger partial charge in [0.05, 0.1) is 0 Å². The van der Waals surface area contributed by atoms with Crippen molar-refractivity contribution in [2.45, 2.75) is 77.3 Å². The van der Waals surface area contributed by atoms with Gasteiger partial charge < -0.3 is 10.2 Å². The zero-order chi connectivity index (χ0) is 23.0. The summed E-state index contributed by atoms with van der Waals surface area (Å²) in [5.41, 5.74) is 1.09. The second kappa shape index (κ2) is 9.07. The van der Waals surface area contributed by atoms with Crippen LogP contribution in [0.3, 0.4) is 0 Å². The second-order valence-electron chi connectivity index (χ2n) is 10.6. The highest BCUT2D eigenvalue weighted by atomic mass is 19.1. The molecule has 2 bridgehead atoms. The first-order valence-electron chi connectivity index (χ1n) is 12.7. The Labute approximate surface area is 194 Å². The fourth-order valence-corrected chi connectivity index (χ4v) is 6.64. The minimum Gasteiger partial charge on any atom is -0.337 e. The lowest BCUT2D eigenvalue weighted by atomic mass is 9.57. The molecule has 2 amide bonds. The van der Waals surface area contributed by atoms with Crippen molar-refractivity contribution < 1.29 is 14.0 Å². The van der Waals surface area contributed by atoms with Gasteiger partial charge in [-0.3, -0.25) is 14.0 Å². The molecule has 0 radical (unpaired) electrons. The molecule has 3 unspecified atom stereocenters. The molecular weight excluding hydrogens is 419 g/mol. The third-order valence-corrected chi connectivity index (χ3v) is 8.23. The van der Waals surface area contributed by atoms with Crippen molar-refractivity contribution in [1.29, 1.82) is 0 Å². The van der Waals surface area contributed by atoms with Gasteiger partial charge in [0.2, 0.25) is 5.91 Å². The Bertz CT molecular complexity index is 1030. The smallest absolute Gasteiger partial charge is 0.274 e. The van der Waals surface area contributed by atoms with Crippen molar-refractivity contribution in [3.8, 4) is 0 Å². The highest BCUT2D eigenvalue weighted by Crippen LogP contribution is 2.53. The van der Waals surface area contributed by atoms with E-state index in [-0.39, 0.29) is 17.2 Å². The number of hydrogen-bond acceptors (Lipinski definition) is 3. The highest BCUT2D eigenvalue weighted by Gasteiger charge is 2.43. The molecule has 3 heterocycles. The van der Waals surface area contributed by atoms with Gasteiger partial charge in [-0.15, -0.1) is 0 Å². The van der Waals surface area contributed by atoms with E-state index in [1.807, 2.05) is 18.2 Å². The van der Waals surface area contributed by atoms with Gasteiger partial charge in [0.1, 0.15) is 23.3 Å². The summed E-state index contributed by atoms with van der Waals surface area (Å²) in [6.07, 6.45) is 10.8. The van der Waals surface area contributed by atoms with E-state index in [4.69, 9.17) is 0 Å². The Hall–Kier alpha value is -2.44. The Morgan fingerprint density at radius 2 is 2.03 bits per heavy atom. The van der Waals surface area contributed by atoms with Crippen LogP contribution in [0.2, 0.25) is 0 Å². The number of aromatic nitrogens is 2. The molecule has 2 aromatic rings. The van der Waals surface area contributed by atoms with Crippen LogP contribution in [0.25, 0.3) is 5.65 Å². The van der Waals surface area contributed by atoms with E-state index in [1.54, 1.807) is 15.5 Å². The quantitative estimate of drug-likeness (QED) is 0.672. The van der Waals surface area contributed by atoms with E-state index in [0.29, 0.717) is 49.5 Å². The topological polar surface area (TPSA) is 66.7 Å². The van der Waals surface area contributed by atoms with Crippen LogP contribution in [0.5, 0.6) is 0 Å². The zero-order valence-corrected chi connectivity index (χ0v) is 19.6. The van der Waals surface area contributed by atoms with Crippen LogP contribution >= 0.6 is 0 Å². The number of piperidine rings is 1. The van der Waals surface area contributed by atoms with Gasteiger partial charge in [-0.1, -0.05) is 32.3 Å². The molecule has 5 rings (SSSR count). The lowest BCUT2D eigenvalue weighted by Crippen LogP contribution is -2.39. The predicted molar refractivity (Wildman–Crippen MR) is 126 cm³/mol. The number of carbonyl (C=O) groups excluding carboxylic acids is 2. The van der Waals surface area contributed by atoms with Crippen LogP contribution in [-0.2, 0) is 4.79 Å². The number of imidazole rings is 1. The normalized spacial score (nSPS) is 28.1. The van der Waals surface area contributed by atoms with E-state index in [2.05, 4.69) is 17.2 Å². The number of carbonyl (C=O) groups is 2. The SMILES string of the molecule is CCC1CC2CCCC(CC(=O)Nc3cccc4nc(C(=O)N5CCC(F)CC5)cn34)(C1)C2. The number of pyridine rings is 1. The molecule has 33 heavy (non-hydrogen) atoms. The molecule has 2 aliphatic carbocycles. The molecule has 0 aromatic carbocycles. The summed E-state index contributed by atoms with van der Waals surface area (Å²) in [4.78, 5) is 32.2. The summed E-state index contributed by atoms with van der Waals surface area (Å²) in [6.45, 7) is 3.11. The van der Waals surface area contributed by atoms with Crippen LogP contribution in [0.4, 0.5) is 10.2 Å². The number of anilines is 1. The molecule has 1 N–H and O–H groups in total. The van der Waals surface area contributed by atoms with Crippen LogP contribution < -0.4 is 5.32 Å². The van der Waals surface area contributed by atoms with E-state index >= 15 is 0 Å². The van der Waals surface area contributed by atoms with Crippen molar-refractivity contribution in [3.63, 3.8) is 0 Å². The Morgan fingerprint density at radius 1 is 1.21 bits per heavy atom. The van der Waals surface area contributed by atoms with Crippen molar-refractivity contribution in [1.82, 2.24) is 14.3 Å². The average Bonchev–Trinajstić information content (AvgIpc) is 3.24. The summed E-state index contributed by atoms with van der Waals surface area (Å²) >= 11 is 0. The largest absolute Gasteiger partial charge is 0.337 e. The van der Waals surface area contributed by atoms with Gasteiger partial charge >= 0.3 is 0 Å². The number of rotatable bonds is 5. The van der Waals surface area contributed by atoms with Gasteiger partial charge in [-0.05, 0) is 67.9 Å². The van der Waals surface area contributed by atoms with Crippen LogP contribution in [0.1, 0.15) is 81.6 Å². The third-order valence-electron chi connectivity index (χ3n) is 8.23. The lowest BCUT2D eigenvalue weighted by molar-refractivity contribution is -0.120. The first-order valence-corrected chi connectivity index (χ1v) is 12.7. The molecular formula is C26H35FN4O2. The zero-order valence-electron chi connectivity index (χ0n) is 19.6. The number of hydrogen-bond donors (Lipinski definition) is 1. The monoisotopic (exact) mass is 454 g/mol. The fourth-order valence-electron chi connectivity index (χ4n) is 6.64. The first kappa shape index (κ1) is 22.4. The minimum absolute atomic E-state index is 0.0477. The van der Waals surface area contributed by atoms with Gasteiger partial charge in [0.25, 0.3) is 5.91 Å². The molecule has 2 saturated carbocycles. The van der Waals surface area contributed by atoms with Crippen molar-refractivity contribution >= 4 is 23.3 Å². The van der Waals surface area contributed by atoms with E-state index in [0.717, 1.165) is 24.7 Å². The molecule has 6 nitrogen and oxygen atoms in total. The van der Waals surface area contributed by atoms with Crippen LogP contribution in [0, 0.1) is 17.3 Å². The number of nitrogens with one attached hydrogen (secondary N) is 1. The van der Waals surface area contributed by atoms with E-state index < -0.39 is 6.17 Å². The maximum Gasteiger partial charge on any atom is 0.274 e. The highest BCUT2D eigenvalue weighted by molar-refractivity contribution is 5.94. The van der Waals surface area contributed by atoms with Crippen molar-refractivity contribution in [2.75, 3.05) is 18.4 Å². The van der Waals surface area contributed by atoms with Crippen LogP contribution in [-0.4, -0.2) is 45.4 Å². The maximum absolute atomic E-state index is 13.5. The Kier molecular flexibility index (Phi) is 6.14. The first-order chi connectivity index (χ1) is 15.9. The molecule has 7 heteroatoms. The molecule has 0 spiro atoms. The summed E-state index contributed by atoms with van der Waals surface area (Å²) in [5.74, 6) is 2.02. The minimum atomic E-state index is -0.826. The van der Waals surface area contributed by atoms with Gasteiger partial charge in [-0.2, -0.15) is 0 Å². The Morgan fingerprint density at radius 3 is 2.82 bits per heavy atom. The predicted octanol–water partition coefficient (Wildman–Crippen LogP) is 5.23. The third kappa shape index (κ3) is 4.64. The average molecular weight is 455 g/mol. The van der Waals surface area contributed by atoms with Crippen LogP contribution in [0.15, 0.2) is 24.4 Å². The molecule has 2 aromatic heterocycles. The Balaban J connectivity index is 1.31. The van der Waals surface area contributed by atoms with Crippen molar-refractivity contribution in [3.05, 3.63) is 30.1 Å². The summed E-state index contributed by atoms with van der Waals surface area (Å²) in [6, 6.07) is 5.54. The molecule has 3 atom stereocenters. The molecule has 1 aliphatic heterocycles. The van der Waals surface area contributed by atoms with Gasteiger partial charge in [0.15, 0.2) is 0 Å². The molecule has 3 fully saturated rings. The van der Waals surface area contributed by atoms with Gasteiger partial charge in [-0.25, -0.2) is 9.37 Å². The standard InChI is InChI=1S/C26H35FN4O2/c1-2-18-13-19-5-4-10-26(14-18,15-19)16-24(32)29-23-7-3-6-22-28-21(17-31(22)23)25(33)30-11-8-20(27)9-12-30/h3,6-7,17-20H,2,4-5,8-16H2,1H3,(H,29,32). The fraction of sp³-hybridized carbons (Fsp3) is 0.654. The molecule has 178 valence electrons. The maximum atomic E-state index is 13.5. The van der Waals surface area contributed by atoms with E-state index in [1.165, 1.54) is 32.1 Å². The number of likely N-dealkylation sites (tertiary alicyclic amines) is 1.